The van der Waals surface area contributed by atoms with Crippen molar-refractivity contribution in [3.8, 4) is 11.8 Å². The number of aromatic carboxylic acids is 1. The fraction of sp³-hybridized carbons (Fsp3) is 0. The van der Waals surface area contributed by atoms with E-state index in [-0.39, 0.29) is 5.56 Å². The Balaban J connectivity index is 2.20. The average molecular weight is 264 g/mol. The third kappa shape index (κ3) is 1.78. The fourth-order valence-corrected chi connectivity index (χ4v) is 1.99. The molecule has 0 aliphatic carbocycles. The predicted octanol–water partition coefficient (Wildman–Crippen LogP) is 1.99. The first-order chi connectivity index (χ1) is 9.70. The monoisotopic (exact) mass is 264 g/mol. The van der Waals surface area contributed by atoms with Crippen molar-refractivity contribution < 1.29 is 9.90 Å². The molecule has 0 unspecified atom stereocenters. The minimum atomic E-state index is -1.04. The molecule has 0 fully saturated rings. The highest BCUT2D eigenvalue weighted by Gasteiger charge is 2.14. The van der Waals surface area contributed by atoms with Crippen LogP contribution in [0.4, 0.5) is 0 Å². The van der Waals surface area contributed by atoms with E-state index in [9.17, 15) is 4.79 Å². The normalized spacial score (nSPS) is 10.3. The third-order valence-electron chi connectivity index (χ3n) is 2.95. The van der Waals surface area contributed by atoms with Crippen molar-refractivity contribution in [2.45, 2.75) is 0 Å². The summed E-state index contributed by atoms with van der Waals surface area (Å²) in [5.74, 6) is -1.04. The molecule has 0 aliphatic rings. The second-order valence-corrected chi connectivity index (χ2v) is 4.14. The van der Waals surface area contributed by atoms with E-state index in [2.05, 4.69) is 10.3 Å². The SMILES string of the molecule is N#Cc1ccc(-n2nnc3c(C(=O)O)cccc32)cc1. The molecule has 20 heavy (non-hydrogen) atoms. The lowest BCUT2D eigenvalue weighted by Crippen LogP contribution is -1.98. The molecule has 3 aromatic rings. The molecule has 0 atom stereocenters. The zero-order chi connectivity index (χ0) is 14.1. The summed E-state index contributed by atoms with van der Waals surface area (Å²) in [5, 5.41) is 25.8. The average Bonchev–Trinajstić information content (AvgIpc) is 2.91. The molecule has 0 amide bonds. The first-order valence-corrected chi connectivity index (χ1v) is 5.79. The number of benzene rings is 2. The predicted molar refractivity (Wildman–Crippen MR) is 70.5 cm³/mol. The van der Waals surface area contributed by atoms with Crippen LogP contribution in [0.5, 0.6) is 0 Å². The van der Waals surface area contributed by atoms with Gasteiger partial charge in [-0.2, -0.15) is 5.26 Å². The molecule has 0 radical (unpaired) electrons. The van der Waals surface area contributed by atoms with E-state index in [0.717, 1.165) is 0 Å². The number of rotatable bonds is 2. The second kappa shape index (κ2) is 4.48. The van der Waals surface area contributed by atoms with Crippen molar-refractivity contribution in [3.05, 3.63) is 53.6 Å². The Morgan fingerprint density at radius 1 is 1.20 bits per heavy atom. The quantitative estimate of drug-likeness (QED) is 0.764. The maximum atomic E-state index is 11.1. The lowest BCUT2D eigenvalue weighted by Gasteiger charge is -2.02. The number of nitrogens with zero attached hydrogens (tertiary/aromatic N) is 4. The fourth-order valence-electron chi connectivity index (χ4n) is 1.99. The zero-order valence-corrected chi connectivity index (χ0v) is 10.2. The molecule has 6 nitrogen and oxygen atoms in total. The zero-order valence-electron chi connectivity index (χ0n) is 10.2. The first kappa shape index (κ1) is 11.9. The summed E-state index contributed by atoms with van der Waals surface area (Å²) in [6.45, 7) is 0. The van der Waals surface area contributed by atoms with Gasteiger partial charge in [0.15, 0.2) is 0 Å². The summed E-state index contributed by atoms with van der Waals surface area (Å²) in [5.41, 5.74) is 2.32. The maximum absolute atomic E-state index is 11.1. The van der Waals surface area contributed by atoms with E-state index in [0.29, 0.717) is 22.3 Å². The molecule has 0 saturated carbocycles. The molecule has 0 aliphatic heterocycles. The van der Waals surface area contributed by atoms with Gasteiger partial charge in [-0.25, -0.2) is 9.48 Å². The van der Waals surface area contributed by atoms with Gasteiger partial charge in [0.2, 0.25) is 0 Å². The van der Waals surface area contributed by atoms with Crippen molar-refractivity contribution in [3.63, 3.8) is 0 Å². The van der Waals surface area contributed by atoms with Crippen molar-refractivity contribution in [2.75, 3.05) is 0 Å². The Bertz CT molecular complexity index is 844. The number of carbonyl (C=O) groups is 1. The molecule has 96 valence electrons. The van der Waals surface area contributed by atoms with E-state index in [1.807, 2.05) is 6.07 Å². The minimum absolute atomic E-state index is 0.113. The van der Waals surface area contributed by atoms with Crippen molar-refractivity contribution in [1.82, 2.24) is 15.0 Å². The van der Waals surface area contributed by atoms with Crippen LogP contribution in [-0.2, 0) is 0 Å². The number of aromatic nitrogens is 3. The molecule has 1 N–H and O–H groups in total. The van der Waals surface area contributed by atoms with Crippen molar-refractivity contribution in [1.29, 1.82) is 5.26 Å². The van der Waals surface area contributed by atoms with E-state index < -0.39 is 5.97 Å². The largest absolute Gasteiger partial charge is 0.478 e. The van der Waals surface area contributed by atoms with E-state index in [1.165, 1.54) is 6.07 Å². The highest BCUT2D eigenvalue weighted by atomic mass is 16.4. The third-order valence-corrected chi connectivity index (χ3v) is 2.95. The van der Waals surface area contributed by atoms with E-state index in [1.54, 1.807) is 41.1 Å². The van der Waals surface area contributed by atoms with Gasteiger partial charge >= 0.3 is 5.97 Å². The number of fused-ring (bicyclic) bond motifs is 1. The number of hydrogen-bond acceptors (Lipinski definition) is 4. The van der Waals surface area contributed by atoms with Gasteiger partial charge in [0.25, 0.3) is 0 Å². The van der Waals surface area contributed by atoms with Crippen LogP contribution in [0.15, 0.2) is 42.5 Å². The number of nitriles is 1. The Morgan fingerprint density at radius 3 is 2.60 bits per heavy atom. The van der Waals surface area contributed by atoms with Crippen LogP contribution in [0.1, 0.15) is 15.9 Å². The van der Waals surface area contributed by atoms with Crippen molar-refractivity contribution in [2.24, 2.45) is 0 Å². The molecule has 3 rings (SSSR count). The van der Waals surface area contributed by atoms with Crippen LogP contribution in [-0.4, -0.2) is 26.1 Å². The highest BCUT2D eigenvalue weighted by molar-refractivity contribution is 6.00. The molecule has 1 aromatic heterocycles. The van der Waals surface area contributed by atoms with Gasteiger partial charge in [-0.3, -0.25) is 0 Å². The molecule has 0 bridgehead atoms. The summed E-state index contributed by atoms with van der Waals surface area (Å²) in [6, 6.07) is 13.7. The standard InChI is InChI=1S/C14H8N4O2/c15-8-9-4-6-10(7-5-9)18-12-3-1-2-11(14(19)20)13(12)16-17-18/h1-7H,(H,19,20). The molecule has 1 heterocycles. The van der Waals surface area contributed by atoms with Gasteiger partial charge in [0.1, 0.15) is 5.52 Å². The molecule has 6 heteroatoms. The molecule has 2 aromatic carbocycles. The maximum Gasteiger partial charge on any atom is 0.338 e. The second-order valence-electron chi connectivity index (χ2n) is 4.14. The summed E-state index contributed by atoms with van der Waals surface area (Å²) < 4.78 is 1.54. The van der Waals surface area contributed by atoms with E-state index in [4.69, 9.17) is 10.4 Å². The van der Waals surface area contributed by atoms with Gasteiger partial charge in [-0.1, -0.05) is 11.3 Å². The lowest BCUT2D eigenvalue weighted by molar-refractivity contribution is 0.0699. The Kier molecular flexibility index (Phi) is 2.66. The van der Waals surface area contributed by atoms with Crippen LogP contribution in [0.2, 0.25) is 0 Å². The summed E-state index contributed by atoms with van der Waals surface area (Å²) in [4.78, 5) is 11.1. The molecular weight excluding hydrogens is 256 g/mol. The van der Waals surface area contributed by atoms with E-state index >= 15 is 0 Å². The van der Waals surface area contributed by atoms with Crippen LogP contribution >= 0.6 is 0 Å². The minimum Gasteiger partial charge on any atom is -0.478 e. The van der Waals surface area contributed by atoms with Gasteiger partial charge in [0.05, 0.1) is 28.4 Å². The van der Waals surface area contributed by atoms with Gasteiger partial charge in [0, 0.05) is 0 Å². The Labute approximate surface area is 113 Å². The van der Waals surface area contributed by atoms with Gasteiger partial charge in [-0.05, 0) is 36.4 Å². The van der Waals surface area contributed by atoms with Crippen molar-refractivity contribution >= 4 is 17.0 Å². The van der Waals surface area contributed by atoms with Crippen LogP contribution in [0, 0.1) is 11.3 Å². The summed E-state index contributed by atoms with van der Waals surface area (Å²) >= 11 is 0. The Morgan fingerprint density at radius 2 is 1.95 bits per heavy atom. The number of carboxylic acids is 1. The first-order valence-electron chi connectivity index (χ1n) is 5.79. The molecular formula is C14H8N4O2. The van der Waals surface area contributed by atoms with Crippen LogP contribution < -0.4 is 0 Å². The topological polar surface area (TPSA) is 91.8 Å². The number of hydrogen-bond donors (Lipinski definition) is 1. The summed E-state index contributed by atoms with van der Waals surface area (Å²) in [6.07, 6.45) is 0. The van der Waals surface area contributed by atoms with Crippen LogP contribution in [0.3, 0.4) is 0 Å². The van der Waals surface area contributed by atoms with Crippen LogP contribution in [0.25, 0.3) is 16.7 Å². The summed E-state index contributed by atoms with van der Waals surface area (Å²) in [7, 11) is 0. The smallest absolute Gasteiger partial charge is 0.338 e. The molecule has 0 saturated heterocycles. The Hall–Kier alpha value is -3.20. The number of carboxylic acid groups (broad SMARTS) is 1. The van der Waals surface area contributed by atoms with Gasteiger partial charge < -0.3 is 5.11 Å². The molecule has 0 spiro atoms. The lowest BCUT2D eigenvalue weighted by atomic mass is 10.2. The van der Waals surface area contributed by atoms with Gasteiger partial charge in [-0.15, -0.1) is 5.10 Å². The highest BCUT2D eigenvalue weighted by Crippen LogP contribution is 2.19.